The number of aryl methyl sites for hydroxylation is 1. The Labute approximate surface area is 139 Å². The van der Waals surface area contributed by atoms with E-state index in [0.29, 0.717) is 12.1 Å². The number of fused-ring (bicyclic) bond motifs is 2. The fourth-order valence-electron chi connectivity index (χ4n) is 4.49. The van der Waals surface area contributed by atoms with E-state index in [1.165, 1.54) is 36.9 Å². The molecule has 0 amide bonds. The molecular weight excluding hydrogens is 284 g/mol. The van der Waals surface area contributed by atoms with Gasteiger partial charge in [0.15, 0.2) is 0 Å². The molecule has 0 radical (unpaired) electrons. The van der Waals surface area contributed by atoms with Crippen molar-refractivity contribution in [2.75, 3.05) is 5.32 Å². The summed E-state index contributed by atoms with van der Waals surface area (Å²) >= 11 is 0. The molecule has 3 aliphatic rings. The molecule has 3 N–H and O–H groups in total. The fraction of sp³-hybridized carbons (Fsp3) is 0.684. The third-order valence-corrected chi connectivity index (χ3v) is 5.92. The van der Waals surface area contributed by atoms with E-state index in [1.54, 1.807) is 17.5 Å². The van der Waals surface area contributed by atoms with Crippen LogP contribution in [0.15, 0.2) is 11.9 Å². The maximum Gasteiger partial charge on any atom is 0.137 e. The standard InChI is InChI=1S/C19H28N4/c1-12-2-3-13-4-9-17-18(16(13)10-12)19(22-11-21-17)23-15-7-5-14(20)6-8-15/h11-12,14-15H,2-10,20H2,1H3,(H,21,22,23). The van der Waals surface area contributed by atoms with Gasteiger partial charge in [0.1, 0.15) is 12.1 Å². The van der Waals surface area contributed by atoms with Crippen molar-refractivity contribution in [1.82, 2.24) is 9.97 Å². The van der Waals surface area contributed by atoms with Gasteiger partial charge in [-0.2, -0.15) is 0 Å². The molecule has 4 heteroatoms. The number of nitrogens with two attached hydrogens (primary N) is 1. The van der Waals surface area contributed by atoms with E-state index in [0.717, 1.165) is 43.8 Å². The summed E-state index contributed by atoms with van der Waals surface area (Å²) in [6, 6.07) is 0.904. The molecule has 1 aromatic rings. The van der Waals surface area contributed by atoms with Crippen molar-refractivity contribution in [2.45, 2.75) is 76.8 Å². The topological polar surface area (TPSA) is 63.8 Å². The summed E-state index contributed by atoms with van der Waals surface area (Å²) in [6.45, 7) is 2.37. The Morgan fingerprint density at radius 3 is 2.70 bits per heavy atom. The summed E-state index contributed by atoms with van der Waals surface area (Å²) in [4.78, 5) is 9.23. The summed E-state index contributed by atoms with van der Waals surface area (Å²) < 4.78 is 0. The van der Waals surface area contributed by atoms with Crippen molar-refractivity contribution >= 4 is 11.4 Å². The second kappa shape index (κ2) is 6.23. The van der Waals surface area contributed by atoms with Crippen LogP contribution in [-0.2, 0) is 6.42 Å². The van der Waals surface area contributed by atoms with Crippen molar-refractivity contribution in [3.63, 3.8) is 0 Å². The molecule has 0 bridgehead atoms. The van der Waals surface area contributed by atoms with Gasteiger partial charge >= 0.3 is 0 Å². The van der Waals surface area contributed by atoms with Crippen LogP contribution >= 0.6 is 0 Å². The molecule has 3 aliphatic carbocycles. The van der Waals surface area contributed by atoms with Crippen molar-refractivity contribution in [1.29, 1.82) is 0 Å². The zero-order valence-electron chi connectivity index (χ0n) is 14.1. The van der Waals surface area contributed by atoms with Gasteiger partial charge in [0.05, 0.1) is 5.69 Å². The molecular formula is C19H28N4. The molecule has 1 saturated carbocycles. The highest BCUT2D eigenvalue weighted by Gasteiger charge is 2.29. The zero-order valence-corrected chi connectivity index (χ0v) is 14.1. The second-order valence-corrected chi connectivity index (χ2v) is 7.73. The minimum atomic E-state index is 0.390. The van der Waals surface area contributed by atoms with Gasteiger partial charge in [-0.25, -0.2) is 9.97 Å². The first-order valence-corrected chi connectivity index (χ1v) is 9.28. The fourth-order valence-corrected chi connectivity index (χ4v) is 4.49. The first kappa shape index (κ1) is 15.1. The van der Waals surface area contributed by atoms with Crippen molar-refractivity contribution < 1.29 is 0 Å². The molecule has 124 valence electrons. The summed E-state index contributed by atoms with van der Waals surface area (Å²) in [5, 5.41) is 3.74. The van der Waals surface area contributed by atoms with Crippen LogP contribution in [0.1, 0.15) is 69.5 Å². The molecule has 1 fully saturated rings. The Kier molecular flexibility index (Phi) is 4.10. The molecule has 23 heavy (non-hydrogen) atoms. The van der Waals surface area contributed by atoms with Crippen LogP contribution in [0.25, 0.3) is 5.57 Å². The Bertz CT molecular complexity index is 614. The predicted octanol–water partition coefficient (Wildman–Crippen LogP) is 3.68. The Balaban J connectivity index is 1.64. The van der Waals surface area contributed by atoms with Crippen LogP contribution in [0.2, 0.25) is 0 Å². The number of allylic oxidation sites excluding steroid dienone is 2. The lowest BCUT2D eigenvalue weighted by Gasteiger charge is -2.32. The molecule has 4 rings (SSSR count). The van der Waals surface area contributed by atoms with E-state index in [1.807, 2.05) is 0 Å². The Morgan fingerprint density at radius 2 is 1.87 bits per heavy atom. The van der Waals surface area contributed by atoms with Crippen molar-refractivity contribution in [3.05, 3.63) is 23.2 Å². The van der Waals surface area contributed by atoms with Crippen LogP contribution in [0, 0.1) is 5.92 Å². The lowest BCUT2D eigenvalue weighted by molar-refractivity contribution is 0.410. The van der Waals surface area contributed by atoms with Crippen LogP contribution in [0.3, 0.4) is 0 Å². The van der Waals surface area contributed by atoms with Gasteiger partial charge in [-0.15, -0.1) is 0 Å². The molecule has 0 saturated heterocycles. The van der Waals surface area contributed by atoms with Gasteiger partial charge in [-0.1, -0.05) is 12.5 Å². The van der Waals surface area contributed by atoms with Crippen LogP contribution in [0.4, 0.5) is 5.82 Å². The first-order valence-electron chi connectivity index (χ1n) is 9.28. The van der Waals surface area contributed by atoms with Gasteiger partial charge in [0.2, 0.25) is 0 Å². The predicted molar refractivity (Wildman–Crippen MR) is 94.1 cm³/mol. The van der Waals surface area contributed by atoms with Gasteiger partial charge < -0.3 is 11.1 Å². The highest BCUT2D eigenvalue weighted by molar-refractivity contribution is 5.80. The molecule has 1 aromatic heterocycles. The summed E-state index contributed by atoms with van der Waals surface area (Å²) in [6.07, 6.45) is 12.4. The minimum Gasteiger partial charge on any atom is -0.367 e. The number of hydrogen-bond acceptors (Lipinski definition) is 4. The van der Waals surface area contributed by atoms with E-state index in [4.69, 9.17) is 5.73 Å². The van der Waals surface area contributed by atoms with Gasteiger partial charge in [0, 0.05) is 17.6 Å². The maximum atomic E-state index is 6.04. The number of rotatable bonds is 2. The number of nitrogens with zero attached hydrogens (tertiary/aromatic N) is 2. The molecule has 0 aliphatic heterocycles. The van der Waals surface area contributed by atoms with Gasteiger partial charge in [0.25, 0.3) is 0 Å². The van der Waals surface area contributed by atoms with Gasteiger partial charge in [-0.05, 0) is 69.3 Å². The van der Waals surface area contributed by atoms with Gasteiger partial charge in [-0.3, -0.25) is 0 Å². The number of aromatic nitrogens is 2. The molecule has 0 aromatic carbocycles. The average Bonchev–Trinajstić information content (AvgIpc) is 2.57. The zero-order chi connectivity index (χ0) is 15.8. The summed E-state index contributed by atoms with van der Waals surface area (Å²) in [7, 11) is 0. The Morgan fingerprint density at radius 1 is 1.04 bits per heavy atom. The lowest BCUT2D eigenvalue weighted by atomic mass is 9.76. The van der Waals surface area contributed by atoms with Crippen LogP contribution < -0.4 is 11.1 Å². The van der Waals surface area contributed by atoms with Crippen LogP contribution in [-0.4, -0.2) is 22.1 Å². The Hall–Kier alpha value is -1.42. The SMILES string of the molecule is CC1CCC2=C(C1)c1c(ncnc1NC1CCC(N)CC1)CC2. The molecule has 1 heterocycles. The lowest BCUT2D eigenvalue weighted by Crippen LogP contribution is -2.33. The first-order chi connectivity index (χ1) is 11.2. The summed E-state index contributed by atoms with van der Waals surface area (Å²) in [5.41, 5.74) is 11.9. The molecule has 1 atom stereocenters. The number of anilines is 1. The highest BCUT2D eigenvalue weighted by atomic mass is 15.0. The quantitative estimate of drug-likeness (QED) is 0.874. The minimum absolute atomic E-state index is 0.390. The van der Waals surface area contributed by atoms with E-state index >= 15 is 0 Å². The van der Waals surface area contributed by atoms with Crippen molar-refractivity contribution in [3.8, 4) is 0 Å². The molecule has 1 unspecified atom stereocenters. The van der Waals surface area contributed by atoms with E-state index in [2.05, 4.69) is 22.2 Å². The monoisotopic (exact) mass is 312 g/mol. The van der Waals surface area contributed by atoms with Crippen molar-refractivity contribution in [2.24, 2.45) is 11.7 Å². The normalized spacial score (nSPS) is 30.6. The van der Waals surface area contributed by atoms with E-state index < -0.39 is 0 Å². The van der Waals surface area contributed by atoms with E-state index in [9.17, 15) is 0 Å². The maximum absolute atomic E-state index is 6.04. The number of hydrogen-bond donors (Lipinski definition) is 2. The average molecular weight is 312 g/mol. The largest absolute Gasteiger partial charge is 0.367 e. The molecule has 0 spiro atoms. The third kappa shape index (κ3) is 3.01. The van der Waals surface area contributed by atoms with E-state index in [-0.39, 0.29) is 0 Å². The molecule has 4 nitrogen and oxygen atoms in total. The number of nitrogens with one attached hydrogen (secondary N) is 1. The second-order valence-electron chi connectivity index (χ2n) is 7.73. The third-order valence-electron chi connectivity index (χ3n) is 5.92. The smallest absolute Gasteiger partial charge is 0.137 e. The highest BCUT2D eigenvalue weighted by Crippen LogP contribution is 2.44. The summed E-state index contributed by atoms with van der Waals surface area (Å²) in [5.74, 6) is 1.86. The van der Waals surface area contributed by atoms with Crippen LogP contribution in [0.5, 0.6) is 0 Å².